The summed E-state index contributed by atoms with van der Waals surface area (Å²) in [5, 5.41) is 2.99. The van der Waals surface area contributed by atoms with Crippen molar-refractivity contribution in [3.8, 4) is 0 Å². The predicted octanol–water partition coefficient (Wildman–Crippen LogP) is 1.42. The lowest BCUT2D eigenvalue weighted by Gasteiger charge is -2.18. The molecule has 15 heavy (non-hydrogen) atoms. The molecule has 1 aliphatic heterocycles. The quantitative estimate of drug-likeness (QED) is 0.850. The first-order valence-electron chi connectivity index (χ1n) is 5.01. The standard InChI is InChI=1S/C10H16N2O2S/c1-7(13-2)9-12-8(5-15-9)10(11)3-4-14-6-10/h5,7H,3-4,6,11H2,1-2H3. The van der Waals surface area contributed by atoms with Crippen LogP contribution >= 0.6 is 11.3 Å². The van der Waals surface area contributed by atoms with Gasteiger partial charge in [0.1, 0.15) is 11.1 Å². The molecule has 0 aliphatic carbocycles. The summed E-state index contributed by atoms with van der Waals surface area (Å²) in [7, 11) is 1.68. The summed E-state index contributed by atoms with van der Waals surface area (Å²) in [5.74, 6) is 0. The van der Waals surface area contributed by atoms with Gasteiger partial charge in [-0.25, -0.2) is 4.98 Å². The summed E-state index contributed by atoms with van der Waals surface area (Å²) >= 11 is 1.60. The van der Waals surface area contributed by atoms with Crippen LogP contribution in [0.15, 0.2) is 5.38 Å². The Hall–Kier alpha value is -0.490. The van der Waals surface area contributed by atoms with Crippen LogP contribution < -0.4 is 5.73 Å². The Morgan fingerprint density at radius 3 is 3.13 bits per heavy atom. The van der Waals surface area contributed by atoms with Crippen LogP contribution in [0.5, 0.6) is 0 Å². The van der Waals surface area contributed by atoms with Gasteiger partial charge in [-0.2, -0.15) is 0 Å². The second kappa shape index (κ2) is 4.17. The number of hydrogen-bond donors (Lipinski definition) is 1. The smallest absolute Gasteiger partial charge is 0.122 e. The van der Waals surface area contributed by atoms with E-state index in [9.17, 15) is 0 Å². The van der Waals surface area contributed by atoms with Gasteiger partial charge in [0, 0.05) is 19.1 Å². The summed E-state index contributed by atoms with van der Waals surface area (Å²) < 4.78 is 10.5. The molecule has 84 valence electrons. The van der Waals surface area contributed by atoms with Crippen LogP contribution in [0.4, 0.5) is 0 Å². The van der Waals surface area contributed by atoms with Crippen molar-refractivity contribution in [1.82, 2.24) is 4.98 Å². The zero-order chi connectivity index (χ0) is 10.9. The van der Waals surface area contributed by atoms with E-state index in [1.54, 1.807) is 18.4 Å². The van der Waals surface area contributed by atoms with Crippen LogP contribution in [0.3, 0.4) is 0 Å². The van der Waals surface area contributed by atoms with Crippen molar-refractivity contribution >= 4 is 11.3 Å². The Labute approximate surface area is 93.4 Å². The molecule has 0 bridgehead atoms. The third-order valence-corrected chi connectivity index (χ3v) is 3.79. The first-order valence-corrected chi connectivity index (χ1v) is 5.89. The topological polar surface area (TPSA) is 57.4 Å². The maximum absolute atomic E-state index is 6.21. The number of aromatic nitrogens is 1. The van der Waals surface area contributed by atoms with Crippen molar-refractivity contribution < 1.29 is 9.47 Å². The minimum Gasteiger partial charge on any atom is -0.379 e. The molecular weight excluding hydrogens is 212 g/mol. The van der Waals surface area contributed by atoms with Gasteiger partial charge < -0.3 is 15.2 Å². The van der Waals surface area contributed by atoms with Crippen molar-refractivity contribution in [2.45, 2.75) is 25.0 Å². The molecule has 0 radical (unpaired) electrons. The third-order valence-electron chi connectivity index (χ3n) is 2.79. The number of methoxy groups -OCH3 is 1. The summed E-state index contributed by atoms with van der Waals surface area (Å²) in [6.07, 6.45) is 0.882. The number of ether oxygens (including phenoxy) is 2. The zero-order valence-corrected chi connectivity index (χ0v) is 9.84. The lowest BCUT2D eigenvalue weighted by molar-refractivity contribution is 0.119. The average molecular weight is 228 g/mol. The SMILES string of the molecule is COC(C)c1nc(C2(N)CCOC2)cs1. The molecule has 0 aromatic carbocycles. The van der Waals surface area contributed by atoms with Crippen LogP contribution in [0.25, 0.3) is 0 Å². The highest BCUT2D eigenvalue weighted by Gasteiger charge is 2.34. The molecule has 5 heteroatoms. The van der Waals surface area contributed by atoms with E-state index in [4.69, 9.17) is 15.2 Å². The van der Waals surface area contributed by atoms with E-state index < -0.39 is 0 Å². The number of thiazole rings is 1. The van der Waals surface area contributed by atoms with Gasteiger partial charge in [-0.3, -0.25) is 0 Å². The van der Waals surface area contributed by atoms with E-state index in [1.165, 1.54) is 0 Å². The van der Waals surface area contributed by atoms with E-state index >= 15 is 0 Å². The van der Waals surface area contributed by atoms with Gasteiger partial charge in [-0.1, -0.05) is 0 Å². The number of hydrogen-bond acceptors (Lipinski definition) is 5. The van der Waals surface area contributed by atoms with Gasteiger partial charge in [0.05, 0.1) is 17.8 Å². The fourth-order valence-corrected chi connectivity index (χ4v) is 2.55. The molecule has 4 nitrogen and oxygen atoms in total. The van der Waals surface area contributed by atoms with Gasteiger partial charge in [0.25, 0.3) is 0 Å². The molecule has 2 heterocycles. The van der Waals surface area contributed by atoms with Crippen molar-refractivity contribution in [2.24, 2.45) is 5.73 Å². The molecule has 2 N–H and O–H groups in total. The number of rotatable bonds is 3. The Morgan fingerprint density at radius 2 is 2.53 bits per heavy atom. The van der Waals surface area contributed by atoms with Crippen LogP contribution in [0.1, 0.15) is 30.2 Å². The first kappa shape index (κ1) is 11.0. The lowest BCUT2D eigenvalue weighted by Crippen LogP contribution is -2.37. The molecule has 0 spiro atoms. The second-order valence-electron chi connectivity index (χ2n) is 3.91. The maximum atomic E-state index is 6.21. The Morgan fingerprint density at radius 1 is 1.73 bits per heavy atom. The monoisotopic (exact) mass is 228 g/mol. The molecule has 2 unspecified atom stereocenters. The van der Waals surface area contributed by atoms with Crippen LogP contribution in [0.2, 0.25) is 0 Å². The molecule has 0 amide bonds. The highest BCUT2D eigenvalue weighted by atomic mass is 32.1. The maximum Gasteiger partial charge on any atom is 0.122 e. The van der Waals surface area contributed by atoms with E-state index in [0.717, 1.165) is 23.7 Å². The van der Waals surface area contributed by atoms with Crippen LogP contribution in [-0.2, 0) is 15.0 Å². The molecule has 1 aromatic heterocycles. The lowest BCUT2D eigenvalue weighted by atomic mass is 9.97. The zero-order valence-electron chi connectivity index (χ0n) is 9.03. The van der Waals surface area contributed by atoms with Gasteiger partial charge in [0.2, 0.25) is 0 Å². The normalized spacial score (nSPS) is 28.2. The Bertz CT molecular complexity index is 334. The summed E-state index contributed by atoms with van der Waals surface area (Å²) in [6, 6.07) is 0. The minimum absolute atomic E-state index is 0.0367. The van der Waals surface area contributed by atoms with E-state index in [-0.39, 0.29) is 11.6 Å². The molecule has 1 aromatic rings. The highest BCUT2D eigenvalue weighted by molar-refractivity contribution is 7.09. The van der Waals surface area contributed by atoms with Gasteiger partial charge >= 0.3 is 0 Å². The molecule has 2 atom stereocenters. The van der Waals surface area contributed by atoms with Crippen molar-refractivity contribution in [3.63, 3.8) is 0 Å². The molecule has 1 aliphatic rings. The van der Waals surface area contributed by atoms with Crippen molar-refractivity contribution in [3.05, 3.63) is 16.1 Å². The summed E-state index contributed by atoms with van der Waals surface area (Å²) in [6.45, 7) is 3.28. The van der Waals surface area contributed by atoms with Gasteiger partial charge in [-0.05, 0) is 13.3 Å². The summed E-state index contributed by atoms with van der Waals surface area (Å²) in [4.78, 5) is 4.52. The molecule has 2 rings (SSSR count). The Kier molecular flexibility index (Phi) is 3.06. The molecular formula is C10H16N2O2S. The highest BCUT2D eigenvalue weighted by Crippen LogP contribution is 2.30. The van der Waals surface area contributed by atoms with Crippen molar-refractivity contribution in [1.29, 1.82) is 0 Å². The fourth-order valence-electron chi connectivity index (χ4n) is 1.59. The van der Waals surface area contributed by atoms with E-state index in [1.807, 2.05) is 12.3 Å². The van der Waals surface area contributed by atoms with E-state index in [0.29, 0.717) is 6.61 Å². The fraction of sp³-hybridized carbons (Fsp3) is 0.700. The second-order valence-corrected chi connectivity index (χ2v) is 4.80. The number of nitrogens with two attached hydrogens (primary N) is 1. The molecule has 0 saturated carbocycles. The first-order chi connectivity index (χ1) is 7.15. The predicted molar refractivity (Wildman–Crippen MR) is 58.8 cm³/mol. The molecule has 1 saturated heterocycles. The molecule has 1 fully saturated rings. The third kappa shape index (κ3) is 2.06. The Balaban J connectivity index is 2.19. The van der Waals surface area contributed by atoms with E-state index in [2.05, 4.69) is 4.98 Å². The van der Waals surface area contributed by atoms with Crippen molar-refractivity contribution in [2.75, 3.05) is 20.3 Å². The van der Waals surface area contributed by atoms with Gasteiger partial charge in [-0.15, -0.1) is 11.3 Å². The minimum atomic E-state index is -0.387. The largest absolute Gasteiger partial charge is 0.379 e. The van der Waals surface area contributed by atoms with Gasteiger partial charge in [0.15, 0.2) is 0 Å². The number of nitrogens with zero attached hydrogens (tertiary/aromatic N) is 1. The average Bonchev–Trinajstić information content (AvgIpc) is 2.85. The van der Waals surface area contributed by atoms with Crippen LogP contribution in [0, 0.1) is 0 Å². The van der Waals surface area contributed by atoms with Crippen LogP contribution in [-0.4, -0.2) is 25.3 Å². The summed E-state index contributed by atoms with van der Waals surface area (Å²) in [5.41, 5.74) is 6.76.